The van der Waals surface area contributed by atoms with E-state index in [2.05, 4.69) is 21.6 Å². The highest BCUT2D eigenvalue weighted by molar-refractivity contribution is 5.97. The number of ketones is 1. The van der Waals surface area contributed by atoms with Crippen molar-refractivity contribution >= 4 is 16.8 Å². The normalized spacial score (nSPS) is 11.9. The van der Waals surface area contributed by atoms with Crippen LogP contribution in [0.25, 0.3) is 16.7 Å². The maximum atomic E-state index is 13.1. The van der Waals surface area contributed by atoms with E-state index in [0.717, 1.165) is 36.5 Å². The number of carbonyl (C=O) groups excluding carboxylic acids is 1. The second kappa shape index (κ2) is 8.34. The summed E-state index contributed by atoms with van der Waals surface area (Å²) in [5.74, 6) is -0.223. The van der Waals surface area contributed by atoms with Crippen LogP contribution in [-0.2, 0) is 19.3 Å². The van der Waals surface area contributed by atoms with E-state index in [9.17, 15) is 22.8 Å². The molecular formula is C23H22F3N5O2. The lowest BCUT2D eigenvalue weighted by Gasteiger charge is -2.10. The zero-order chi connectivity index (χ0) is 23.9. The van der Waals surface area contributed by atoms with Crippen LogP contribution in [0.3, 0.4) is 0 Å². The van der Waals surface area contributed by atoms with Gasteiger partial charge in [-0.3, -0.25) is 14.2 Å². The van der Waals surface area contributed by atoms with Crippen LogP contribution in [0.1, 0.15) is 40.7 Å². The van der Waals surface area contributed by atoms with Crippen molar-refractivity contribution in [2.24, 2.45) is 0 Å². The molecule has 172 valence electrons. The number of rotatable bonds is 6. The van der Waals surface area contributed by atoms with Gasteiger partial charge in [0.2, 0.25) is 0 Å². The van der Waals surface area contributed by atoms with Crippen LogP contribution in [0.5, 0.6) is 0 Å². The van der Waals surface area contributed by atoms with Crippen molar-refractivity contribution in [3.63, 3.8) is 0 Å². The van der Waals surface area contributed by atoms with E-state index in [-0.39, 0.29) is 29.0 Å². The van der Waals surface area contributed by atoms with Gasteiger partial charge in [-0.15, -0.1) is 0 Å². The van der Waals surface area contributed by atoms with Crippen LogP contribution in [0, 0.1) is 13.8 Å². The molecule has 3 aromatic heterocycles. The van der Waals surface area contributed by atoms with E-state index in [0.29, 0.717) is 5.56 Å². The average Bonchev–Trinajstić information content (AvgIpc) is 3.32. The third-order valence-electron chi connectivity index (χ3n) is 5.61. The van der Waals surface area contributed by atoms with E-state index in [4.69, 9.17) is 0 Å². The van der Waals surface area contributed by atoms with E-state index in [1.54, 1.807) is 0 Å². The highest BCUT2D eigenvalue weighted by Gasteiger charge is 2.30. The summed E-state index contributed by atoms with van der Waals surface area (Å²) < 4.78 is 43.6. The zero-order valence-electron chi connectivity index (χ0n) is 18.3. The molecule has 10 heteroatoms. The molecule has 1 aromatic carbocycles. The molecule has 0 radical (unpaired) electrons. The van der Waals surface area contributed by atoms with Crippen molar-refractivity contribution in [2.45, 2.75) is 46.5 Å². The summed E-state index contributed by atoms with van der Waals surface area (Å²) in [5.41, 5.74) is 1.29. The molecule has 7 nitrogen and oxygen atoms in total. The van der Waals surface area contributed by atoms with Gasteiger partial charge in [0.1, 0.15) is 11.7 Å². The van der Waals surface area contributed by atoms with Gasteiger partial charge >= 0.3 is 6.18 Å². The van der Waals surface area contributed by atoms with Crippen molar-refractivity contribution in [1.82, 2.24) is 23.9 Å². The third kappa shape index (κ3) is 4.08. The fourth-order valence-electron chi connectivity index (χ4n) is 3.96. The molecule has 0 fully saturated rings. The van der Waals surface area contributed by atoms with Gasteiger partial charge in [-0.2, -0.15) is 18.3 Å². The van der Waals surface area contributed by atoms with Crippen molar-refractivity contribution in [3.05, 3.63) is 75.7 Å². The second-order valence-electron chi connectivity index (χ2n) is 7.88. The van der Waals surface area contributed by atoms with Crippen LogP contribution in [0.15, 0.2) is 47.7 Å². The Labute approximate surface area is 187 Å². The first-order valence-corrected chi connectivity index (χ1v) is 10.4. The molecule has 0 amide bonds. The minimum absolute atomic E-state index is 0.110. The SMILES string of the molecule is CCCn1c(C)cc(C(=O)Cn2cnc3c(cnn3-c3cccc(C(F)(F)F)c3)c2=O)c1C. The van der Waals surface area contributed by atoms with E-state index in [1.165, 1.54) is 33.9 Å². The van der Waals surface area contributed by atoms with Gasteiger partial charge in [-0.1, -0.05) is 13.0 Å². The third-order valence-corrected chi connectivity index (χ3v) is 5.61. The monoisotopic (exact) mass is 457 g/mol. The van der Waals surface area contributed by atoms with Crippen molar-refractivity contribution in [1.29, 1.82) is 0 Å². The van der Waals surface area contributed by atoms with Crippen molar-refractivity contribution < 1.29 is 18.0 Å². The fraction of sp³-hybridized carbons (Fsp3) is 0.304. The predicted molar refractivity (Wildman–Crippen MR) is 117 cm³/mol. The molecule has 0 bridgehead atoms. The van der Waals surface area contributed by atoms with Crippen molar-refractivity contribution in [3.8, 4) is 5.69 Å². The molecule has 0 saturated heterocycles. The smallest absolute Gasteiger partial charge is 0.348 e. The van der Waals surface area contributed by atoms with Gasteiger partial charge in [0.05, 0.1) is 24.0 Å². The molecule has 0 aliphatic heterocycles. The van der Waals surface area contributed by atoms with Gasteiger partial charge in [0.15, 0.2) is 11.4 Å². The minimum atomic E-state index is -4.51. The Morgan fingerprint density at radius 1 is 1.15 bits per heavy atom. The summed E-state index contributed by atoms with van der Waals surface area (Å²) >= 11 is 0. The van der Waals surface area contributed by atoms with Gasteiger partial charge < -0.3 is 4.57 Å². The number of carbonyl (C=O) groups is 1. The minimum Gasteiger partial charge on any atom is -0.348 e. The highest BCUT2D eigenvalue weighted by atomic mass is 19.4. The lowest BCUT2D eigenvalue weighted by atomic mass is 10.1. The van der Waals surface area contributed by atoms with Crippen molar-refractivity contribution in [2.75, 3.05) is 0 Å². The topological polar surface area (TPSA) is 74.7 Å². The fourth-order valence-corrected chi connectivity index (χ4v) is 3.96. The Balaban J connectivity index is 1.68. The molecule has 4 rings (SSSR count). The molecule has 0 atom stereocenters. The number of Topliss-reactive ketones (excluding diaryl/α,β-unsaturated/α-hetero) is 1. The molecule has 0 unspecified atom stereocenters. The van der Waals surface area contributed by atoms with Crippen LogP contribution in [-0.4, -0.2) is 29.7 Å². The predicted octanol–water partition coefficient (Wildman–Crippen LogP) is 4.31. The maximum Gasteiger partial charge on any atom is 0.416 e. The number of nitrogens with zero attached hydrogens (tertiary/aromatic N) is 5. The molecule has 3 heterocycles. The van der Waals surface area contributed by atoms with E-state index >= 15 is 0 Å². The number of halogens is 3. The molecule has 0 aliphatic carbocycles. The van der Waals surface area contributed by atoms with Gasteiger partial charge in [-0.05, 0) is 44.5 Å². The second-order valence-corrected chi connectivity index (χ2v) is 7.88. The number of hydrogen-bond acceptors (Lipinski definition) is 4. The van der Waals surface area contributed by atoms with Gasteiger partial charge in [0, 0.05) is 23.5 Å². The number of fused-ring (bicyclic) bond motifs is 1. The zero-order valence-corrected chi connectivity index (χ0v) is 18.3. The lowest BCUT2D eigenvalue weighted by Crippen LogP contribution is -2.25. The standard InChI is InChI=1S/C23H22F3N5O2/c1-4-8-30-14(2)9-18(15(30)3)20(32)12-29-13-27-21-19(22(29)33)11-28-31(21)17-7-5-6-16(10-17)23(24,25)26/h5-7,9-11,13H,4,8,12H2,1-3H3. The Kier molecular flexibility index (Phi) is 5.69. The Morgan fingerprint density at radius 2 is 1.91 bits per heavy atom. The van der Waals surface area contributed by atoms with Crippen LogP contribution >= 0.6 is 0 Å². The molecule has 0 N–H and O–H groups in total. The first-order chi connectivity index (χ1) is 15.6. The Bertz CT molecular complexity index is 1410. The summed E-state index contributed by atoms with van der Waals surface area (Å²) in [6.45, 7) is 6.46. The molecule has 0 saturated carbocycles. The number of aromatic nitrogens is 5. The number of aryl methyl sites for hydroxylation is 1. The van der Waals surface area contributed by atoms with Gasteiger partial charge in [0.25, 0.3) is 5.56 Å². The average molecular weight is 457 g/mol. The van der Waals surface area contributed by atoms with Crippen LogP contribution in [0.4, 0.5) is 13.2 Å². The van der Waals surface area contributed by atoms with E-state index < -0.39 is 17.3 Å². The van der Waals surface area contributed by atoms with E-state index in [1.807, 2.05) is 19.9 Å². The first kappa shape index (κ1) is 22.5. The maximum absolute atomic E-state index is 13.1. The summed E-state index contributed by atoms with van der Waals surface area (Å²) in [4.78, 5) is 30.1. The lowest BCUT2D eigenvalue weighted by molar-refractivity contribution is -0.137. The molecule has 33 heavy (non-hydrogen) atoms. The molecule has 0 spiro atoms. The summed E-state index contributed by atoms with van der Waals surface area (Å²) in [7, 11) is 0. The summed E-state index contributed by atoms with van der Waals surface area (Å²) in [6.07, 6.45) is -1.11. The number of hydrogen-bond donors (Lipinski definition) is 0. The number of benzene rings is 1. The highest BCUT2D eigenvalue weighted by Crippen LogP contribution is 2.30. The largest absolute Gasteiger partial charge is 0.416 e. The Hall–Kier alpha value is -3.69. The molecular weight excluding hydrogens is 435 g/mol. The Morgan fingerprint density at radius 3 is 2.61 bits per heavy atom. The van der Waals surface area contributed by atoms with Crippen LogP contribution < -0.4 is 5.56 Å². The van der Waals surface area contributed by atoms with Crippen LogP contribution in [0.2, 0.25) is 0 Å². The number of alkyl halides is 3. The quantitative estimate of drug-likeness (QED) is 0.405. The van der Waals surface area contributed by atoms with Gasteiger partial charge in [-0.25, -0.2) is 9.67 Å². The summed E-state index contributed by atoms with van der Waals surface area (Å²) in [5, 5.41) is 4.17. The molecule has 4 aromatic rings. The molecule has 0 aliphatic rings. The summed E-state index contributed by atoms with van der Waals surface area (Å²) in [6, 6.07) is 6.43. The first-order valence-electron chi connectivity index (χ1n) is 10.4.